The van der Waals surface area contributed by atoms with Crippen LogP contribution in [-0.4, -0.2) is 41.0 Å². The number of rotatable bonds is 21. The molecule has 31 heavy (non-hydrogen) atoms. The Morgan fingerprint density at radius 3 is 1.65 bits per heavy atom. The van der Waals surface area contributed by atoms with Crippen LogP contribution < -0.4 is 0 Å². The van der Waals surface area contributed by atoms with E-state index in [0.717, 1.165) is 51.4 Å². The van der Waals surface area contributed by atoms with Gasteiger partial charge in [0.15, 0.2) is 6.10 Å². The van der Waals surface area contributed by atoms with E-state index >= 15 is 0 Å². The monoisotopic (exact) mass is 466 g/mol. The SMILES string of the molecule is CCCCCCCCCC(=O)OC(COC(=O)CCCCCCCC)COP(=O)(O)O. The molecule has 0 bridgehead atoms. The number of phosphoric acid groups is 1. The number of esters is 2. The Bertz CT molecular complexity index is 506. The van der Waals surface area contributed by atoms with Gasteiger partial charge in [-0.15, -0.1) is 0 Å². The smallest absolute Gasteiger partial charge is 0.462 e. The number of hydrogen-bond acceptors (Lipinski definition) is 6. The van der Waals surface area contributed by atoms with E-state index in [0.29, 0.717) is 6.42 Å². The molecule has 0 rings (SSSR count). The van der Waals surface area contributed by atoms with Crippen LogP contribution in [0.25, 0.3) is 0 Å². The van der Waals surface area contributed by atoms with Crippen LogP contribution in [-0.2, 0) is 28.2 Å². The maximum absolute atomic E-state index is 12.0. The van der Waals surface area contributed by atoms with Crippen molar-refractivity contribution in [1.29, 1.82) is 0 Å². The van der Waals surface area contributed by atoms with Crippen molar-refractivity contribution in [2.24, 2.45) is 0 Å². The van der Waals surface area contributed by atoms with Crippen molar-refractivity contribution in [2.75, 3.05) is 13.2 Å². The van der Waals surface area contributed by atoms with Gasteiger partial charge in [0.2, 0.25) is 0 Å². The molecule has 1 unspecified atom stereocenters. The van der Waals surface area contributed by atoms with E-state index in [-0.39, 0.29) is 19.4 Å². The van der Waals surface area contributed by atoms with Crippen molar-refractivity contribution in [2.45, 2.75) is 116 Å². The quantitative estimate of drug-likeness (QED) is 0.130. The van der Waals surface area contributed by atoms with Crippen LogP contribution in [0.1, 0.15) is 110 Å². The lowest BCUT2D eigenvalue weighted by molar-refractivity contribution is -0.161. The molecule has 0 aliphatic carbocycles. The van der Waals surface area contributed by atoms with Crippen LogP contribution in [0.4, 0.5) is 0 Å². The highest BCUT2D eigenvalue weighted by Gasteiger charge is 2.22. The lowest BCUT2D eigenvalue weighted by Gasteiger charge is -2.18. The number of hydrogen-bond donors (Lipinski definition) is 2. The average molecular weight is 467 g/mol. The highest BCUT2D eigenvalue weighted by Crippen LogP contribution is 2.35. The van der Waals surface area contributed by atoms with Gasteiger partial charge >= 0.3 is 19.8 Å². The first-order chi connectivity index (χ1) is 14.8. The molecule has 0 aromatic heterocycles. The summed E-state index contributed by atoms with van der Waals surface area (Å²) in [6.45, 7) is 3.49. The first kappa shape index (κ1) is 30.0. The zero-order chi connectivity index (χ0) is 23.4. The molecule has 0 amide bonds. The molecule has 0 aliphatic heterocycles. The molecule has 0 aliphatic rings. The molecule has 0 aromatic carbocycles. The van der Waals surface area contributed by atoms with Crippen LogP contribution in [0.3, 0.4) is 0 Å². The molecule has 0 spiro atoms. The molecule has 0 fully saturated rings. The molecule has 0 heterocycles. The topological polar surface area (TPSA) is 119 Å². The van der Waals surface area contributed by atoms with Crippen molar-refractivity contribution >= 4 is 19.8 Å². The third-order valence-corrected chi connectivity index (χ3v) is 5.36. The molecular weight excluding hydrogens is 423 g/mol. The first-order valence-electron chi connectivity index (χ1n) is 11.8. The third-order valence-electron chi connectivity index (χ3n) is 4.88. The minimum Gasteiger partial charge on any atom is -0.462 e. The Labute approximate surface area is 187 Å². The largest absolute Gasteiger partial charge is 0.469 e. The Morgan fingerprint density at radius 1 is 0.710 bits per heavy atom. The Morgan fingerprint density at radius 2 is 1.16 bits per heavy atom. The molecule has 0 radical (unpaired) electrons. The van der Waals surface area contributed by atoms with E-state index in [1.165, 1.54) is 25.7 Å². The maximum Gasteiger partial charge on any atom is 0.469 e. The van der Waals surface area contributed by atoms with Gasteiger partial charge in [0.1, 0.15) is 6.61 Å². The lowest BCUT2D eigenvalue weighted by Crippen LogP contribution is -2.29. The summed E-state index contributed by atoms with van der Waals surface area (Å²) < 4.78 is 25.7. The first-order valence-corrected chi connectivity index (χ1v) is 13.4. The zero-order valence-electron chi connectivity index (χ0n) is 19.4. The number of carbonyl (C=O) groups excluding carboxylic acids is 2. The van der Waals surface area contributed by atoms with Gasteiger partial charge in [-0.25, -0.2) is 4.57 Å². The van der Waals surface area contributed by atoms with Crippen LogP contribution in [0.2, 0.25) is 0 Å². The van der Waals surface area contributed by atoms with E-state index in [2.05, 4.69) is 18.4 Å². The molecule has 0 saturated carbocycles. The summed E-state index contributed by atoms with van der Waals surface area (Å²) in [6.07, 6.45) is 13.1. The van der Waals surface area contributed by atoms with Gasteiger partial charge in [-0.2, -0.15) is 0 Å². The van der Waals surface area contributed by atoms with Gasteiger partial charge in [0, 0.05) is 12.8 Å². The number of carbonyl (C=O) groups is 2. The fourth-order valence-corrected chi connectivity index (χ4v) is 3.44. The number of unbranched alkanes of at least 4 members (excludes halogenated alkanes) is 11. The Hall–Kier alpha value is -0.950. The van der Waals surface area contributed by atoms with E-state index < -0.39 is 32.5 Å². The van der Waals surface area contributed by atoms with Crippen LogP contribution >= 0.6 is 7.82 Å². The average Bonchev–Trinajstić information content (AvgIpc) is 2.71. The van der Waals surface area contributed by atoms with Crippen molar-refractivity contribution in [3.63, 3.8) is 0 Å². The summed E-state index contributed by atoms with van der Waals surface area (Å²) in [7, 11) is -4.71. The van der Waals surface area contributed by atoms with Crippen molar-refractivity contribution in [1.82, 2.24) is 0 Å². The van der Waals surface area contributed by atoms with Crippen LogP contribution in [0, 0.1) is 0 Å². The van der Waals surface area contributed by atoms with Crippen LogP contribution in [0.5, 0.6) is 0 Å². The van der Waals surface area contributed by atoms with Gasteiger partial charge in [-0.3, -0.25) is 14.1 Å². The van der Waals surface area contributed by atoms with Crippen LogP contribution in [0.15, 0.2) is 0 Å². The number of phosphoric ester groups is 1. The van der Waals surface area contributed by atoms with Gasteiger partial charge in [0.25, 0.3) is 0 Å². The Kier molecular flexibility index (Phi) is 19.1. The molecule has 0 aromatic rings. The summed E-state index contributed by atoms with van der Waals surface area (Å²) in [4.78, 5) is 41.7. The maximum atomic E-state index is 12.0. The van der Waals surface area contributed by atoms with Gasteiger partial charge in [-0.05, 0) is 12.8 Å². The minimum absolute atomic E-state index is 0.214. The van der Waals surface area contributed by atoms with E-state index in [1.54, 1.807) is 0 Å². The summed E-state index contributed by atoms with van der Waals surface area (Å²) >= 11 is 0. The minimum atomic E-state index is -4.71. The van der Waals surface area contributed by atoms with Gasteiger partial charge < -0.3 is 19.3 Å². The lowest BCUT2D eigenvalue weighted by atomic mass is 10.1. The summed E-state index contributed by atoms with van der Waals surface area (Å²) in [5, 5.41) is 0. The third kappa shape index (κ3) is 22.0. The molecule has 184 valence electrons. The fourth-order valence-electron chi connectivity index (χ4n) is 3.08. The fraction of sp³-hybridized carbons (Fsp3) is 0.909. The second-order valence-electron chi connectivity index (χ2n) is 7.97. The molecule has 8 nitrogen and oxygen atoms in total. The summed E-state index contributed by atoms with van der Waals surface area (Å²) in [6, 6.07) is 0. The van der Waals surface area contributed by atoms with Gasteiger partial charge in [0.05, 0.1) is 6.61 Å². The predicted octanol–water partition coefficient (Wildman–Crippen LogP) is 5.44. The van der Waals surface area contributed by atoms with E-state index in [9.17, 15) is 14.2 Å². The summed E-state index contributed by atoms with van der Waals surface area (Å²) in [5.74, 6) is -0.903. The van der Waals surface area contributed by atoms with Crippen molar-refractivity contribution < 1.29 is 37.9 Å². The van der Waals surface area contributed by atoms with Gasteiger partial charge in [-0.1, -0.05) is 84.5 Å². The molecule has 9 heteroatoms. The zero-order valence-corrected chi connectivity index (χ0v) is 20.3. The Balaban J connectivity index is 4.19. The second-order valence-corrected chi connectivity index (χ2v) is 9.21. The summed E-state index contributed by atoms with van der Waals surface area (Å²) in [5.41, 5.74) is 0. The molecule has 2 N–H and O–H groups in total. The molecular formula is C22H43O8P. The normalized spacial score (nSPS) is 12.5. The highest BCUT2D eigenvalue weighted by molar-refractivity contribution is 7.46. The van der Waals surface area contributed by atoms with E-state index in [4.69, 9.17) is 19.3 Å². The second kappa shape index (κ2) is 19.7. The van der Waals surface area contributed by atoms with Crippen molar-refractivity contribution in [3.05, 3.63) is 0 Å². The predicted molar refractivity (Wildman–Crippen MR) is 119 cm³/mol. The molecule has 1 atom stereocenters. The standard InChI is InChI=1S/C22H43O8P/c1-3-5-7-9-11-13-15-17-22(24)30-20(19-29-31(25,26)27)18-28-21(23)16-14-12-10-8-6-4-2/h20H,3-19H2,1-2H3,(H2,25,26,27). The molecule has 0 saturated heterocycles. The van der Waals surface area contributed by atoms with E-state index in [1.807, 2.05) is 0 Å². The number of ether oxygens (including phenoxy) is 2. The van der Waals surface area contributed by atoms with Crippen molar-refractivity contribution in [3.8, 4) is 0 Å². The highest BCUT2D eigenvalue weighted by atomic mass is 31.2.